The predicted octanol–water partition coefficient (Wildman–Crippen LogP) is 4.29. The monoisotopic (exact) mass is 300 g/mol. The van der Waals surface area contributed by atoms with Crippen LogP contribution in [0.15, 0.2) is 0 Å². The summed E-state index contributed by atoms with van der Waals surface area (Å²) in [5, 5.41) is 0.550. The second-order valence-electron chi connectivity index (χ2n) is 6.51. The number of rotatable bonds is 2. The minimum absolute atomic E-state index is 0.336. The van der Waals surface area contributed by atoms with Gasteiger partial charge in [-0.25, -0.2) is 0 Å². The summed E-state index contributed by atoms with van der Waals surface area (Å²) in [6, 6.07) is 0. The summed E-state index contributed by atoms with van der Waals surface area (Å²) in [7, 11) is 0. The van der Waals surface area contributed by atoms with Crippen molar-refractivity contribution in [1.82, 2.24) is 0 Å². The number of carbonyl (C=O) groups excluding carboxylic acids is 1. The lowest BCUT2D eigenvalue weighted by Crippen LogP contribution is -2.40. The average molecular weight is 301 g/mol. The average Bonchev–Trinajstić information content (AvgIpc) is 2.33. The fraction of sp³-hybridized carbons (Fsp3) is 0.933. The molecule has 0 amide bonds. The van der Waals surface area contributed by atoms with Crippen LogP contribution in [-0.4, -0.2) is 11.1 Å². The molecule has 1 nitrogen and oxygen atoms in total. The molecular formula is C15H25BrO. The third kappa shape index (κ3) is 2.62. The Morgan fingerprint density at radius 1 is 1.06 bits per heavy atom. The maximum atomic E-state index is 12.1. The SMILES string of the molecule is CC1[C@H]2C[C@H](C2)C(C(=O)CBr)[C@@H](C)CC[C@@H]1C. The molecule has 2 unspecified atom stereocenters. The van der Waals surface area contributed by atoms with Gasteiger partial charge in [0, 0.05) is 5.92 Å². The number of hydrogen-bond acceptors (Lipinski definition) is 1. The molecule has 0 aromatic rings. The largest absolute Gasteiger partial charge is 0.298 e. The molecular weight excluding hydrogens is 276 g/mol. The fourth-order valence-electron chi connectivity index (χ4n) is 4.00. The standard InChI is InChI=1S/C15H25BrO/c1-9-4-5-10(2)15(14(17)8-16)13-6-12(7-13)11(9)3/h9-13,15H,4-8H2,1-3H3/t9-,10-,11?,12-,13+,15?/m0/s1. The molecule has 2 heteroatoms. The van der Waals surface area contributed by atoms with Crippen LogP contribution in [0.1, 0.15) is 46.5 Å². The number of alkyl halides is 1. The van der Waals surface area contributed by atoms with Crippen molar-refractivity contribution in [1.29, 1.82) is 0 Å². The van der Waals surface area contributed by atoms with Gasteiger partial charge in [0.25, 0.3) is 0 Å². The Labute approximate surface area is 114 Å². The third-order valence-corrected chi connectivity index (χ3v) is 6.11. The lowest BCUT2D eigenvalue weighted by atomic mass is 9.61. The number of fused-ring (bicyclic) bond motifs is 5. The molecule has 0 radical (unpaired) electrons. The molecule has 3 aliphatic carbocycles. The first-order chi connectivity index (χ1) is 8.04. The molecule has 0 spiro atoms. The zero-order valence-electron chi connectivity index (χ0n) is 11.3. The highest BCUT2D eigenvalue weighted by Crippen LogP contribution is 2.50. The summed E-state index contributed by atoms with van der Waals surface area (Å²) < 4.78 is 0. The summed E-state index contributed by atoms with van der Waals surface area (Å²) in [5.74, 6) is 4.64. The van der Waals surface area contributed by atoms with Gasteiger partial charge in [0.1, 0.15) is 5.78 Å². The van der Waals surface area contributed by atoms with E-state index in [0.29, 0.717) is 28.9 Å². The van der Waals surface area contributed by atoms with E-state index < -0.39 is 0 Å². The molecule has 3 aliphatic rings. The number of carbonyl (C=O) groups is 1. The van der Waals surface area contributed by atoms with E-state index in [1.807, 2.05) is 0 Å². The van der Waals surface area contributed by atoms with Gasteiger partial charge in [-0.2, -0.15) is 0 Å². The third-order valence-electron chi connectivity index (χ3n) is 5.55. The van der Waals surface area contributed by atoms with Crippen LogP contribution in [0.4, 0.5) is 0 Å². The zero-order chi connectivity index (χ0) is 12.6. The van der Waals surface area contributed by atoms with Crippen molar-refractivity contribution in [3.8, 4) is 0 Å². The first-order valence-corrected chi connectivity index (χ1v) is 8.25. The van der Waals surface area contributed by atoms with E-state index in [0.717, 1.165) is 17.8 Å². The smallest absolute Gasteiger partial charge is 0.147 e. The van der Waals surface area contributed by atoms with E-state index >= 15 is 0 Å². The Hall–Kier alpha value is 0.150. The molecule has 0 aromatic heterocycles. The second kappa shape index (κ2) is 5.42. The number of halogens is 1. The van der Waals surface area contributed by atoms with Crippen molar-refractivity contribution < 1.29 is 4.79 Å². The molecule has 2 bridgehead atoms. The molecule has 98 valence electrons. The van der Waals surface area contributed by atoms with E-state index in [4.69, 9.17) is 0 Å². The van der Waals surface area contributed by atoms with Crippen molar-refractivity contribution in [2.24, 2.45) is 35.5 Å². The summed E-state index contributed by atoms with van der Waals surface area (Å²) in [5.41, 5.74) is 0. The first kappa shape index (κ1) is 13.6. The Balaban J connectivity index is 2.12. The van der Waals surface area contributed by atoms with Gasteiger partial charge in [-0.3, -0.25) is 4.79 Å². The maximum Gasteiger partial charge on any atom is 0.147 e. The highest BCUT2D eigenvalue weighted by Gasteiger charge is 2.44. The summed E-state index contributed by atoms with van der Waals surface area (Å²) >= 11 is 3.36. The van der Waals surface area contributed by atoms with E-state index in [2.05, 4.69) is 36.7 Å². The van der Waals surface area contributed by atoms with Crippen molar-refractivity contribution in [2.45, 2.75) is 46.5 Å². The minimum atomic E-state index is 0.336. The molecule has 0 aromatic carbocycles. The van der Waals surface area contributed by atoms with Gasteiger partial charge < -0.3 is 0 Å². The maximum absolute atomic E-state index is 12.1. The van der Waals surface area contributed by atoms with Gasteiger partial charge in [-0.05, 0) is 48.9 Å². The van der Waals surface area contributed by atoms with Crippen LogP contribution in [0, 0.1) is 35.5 Å². The van der Waals surface area contributed by atoms with Crippen LogP contribution in [-0.2, 0) is 4.79 Å². The van der Waals surface area contributed by atoms with Crippen LogP contribution < -0.4 is 0 Å². The number of ketones is 1. The Morgan fingerprint density at radius 3 is 2.24 bits per heavy atom. The summed E-state index contributed by atoms with van der Waals surface area (Å²) in [4.78, 5) is 12.1. The van der Waals surface area contributed by atoms with Crippen LogP contribution in [0.25, 0.3) is 0 Å². The van der Waals surface area contributed by atoms with E-state index in [9.17, 15) is 4.79 Å². The van der Waals surface area contributed by atoms with Crippen LogP contribution >= 0.6 is 15.9 Å². The second-order valence-corrected chi connectivity index (χ2v) is 7.07. The topological polar surface area (TPSA) is 17.1 Å². The molecule has 3 saturated carbocycles. The van der Waals surface area contributed by atoms with Gasteiger partial charge in [0.05, 0.1) is 5.33 Å². The van der Waals surface area contributed by atoms with Crippen LogP contribution in [0.3, 0.4) is 0 Å². The Morgan fingerprint density at radius 2 is 1.65 bits per heavy atom. The predicted molar refractivity (Wildman–Crippen MR) is 75.2 cm³/mol. The minimum Gasteiger partial charge on any atom is -0.298 e. The van der Waals surface area contributed by atoms with Gasteiger partial charge in [0.2, 0.25) is 0 Å². The summed E-state index contributed by atoms with van der Waals surface area (Å²) in [6.07, 6.45) is 5.15. The van der Waals surface area contributed by atoms with E-state index in [-0.39, 0.29) is 0 Å². The van der Waals surface area contributed by atoms with E-state index in [1.54, 1.807) is 0 Å². The van der Waals surface area contributed by atoms with Gasteiger partial charge >= 0.3 is 0 Å². The lowest BCUT2D eigenvalue weighted by molar-refractivity contribution is -0.126. The fourth-order valence-corrected chi connectivity index (χ4v) is 4.37. The van der Waals surface area contributed by atoms with Crippen molar-refractivity contribution in [2.75, 3.05) is 5.33 Å². The highest BCUT2D eigenvalue weighted by molar-refractivity contribution is 9.09. The number of Topliss-reactive ketones (excluding diaryl/α,β-unsaturated/α-hetero) is 1. The quantitative estimate of drug-likeness (QED) is 0.695. The van der Waals surface area contributed by atoms with Gasteiger partial charge in [-0.1, -0.05) is 43.1 Å². The zero-order valence-corrected chi connectivity index (χ0v) is 12.9. The first-order valence-electron chi connectivity index (χ1n) is 7.13. The summed E-state index contributed by atoms with van der Waals surface area (Å²) in [6.45, 7) is 7.11. The molecule has 0 aliphatic heterocycles. The molecule has 3 rings (SSSR count). The Kier molecular flexibility index (Phi) is 4.33. The lowest BCUT2D eigenvalue weighted by Gasteiger charge is -2.44. The molecule has 0 N–H and O–H groups in total. The Bertz CT molecular complexity index is 278. The highest BCUT2D eigenvalue weighted by atomic mass is 79.9. The molecule has 0 saturated heterocycles. The molecule has 3 fully saturated rings. The van der Waals surface area contributed by atoms with Crippen molar-refractivity contribution in [3.63, 3.8) is 0 Å². The van der Waals surface area contributed by atoms with Crippen LogP contribution in [0.5, 0.6) is 0 Å². The molecule has 4 atom stereocenters. The normalized spacial score (nSPS) is 46.4. The van der Waals surface area contributed by atoms with E-state index in [1.165, 1.54) is 25.7 Å². The van der Waals surface area contributed by atoms with Gasteiger partial charge in [-0.15, -0.1) is 0 Å². The van der Waals surface area contributed by atoms with Crippen molar-refractivity contribution in [3.05, 3.63) is 0 Å². The molecule has 0 heterocycles. The van der Waals surface area contributed by atoms with Crippen molar-refractivity contribution >= 4 is 21.7 Å². The van der Waals surface area contributed by atoms with Crippen LogP contribution in [0.2, 0.25) is 0 Å². The molecule has 17 heavy (non-hydrogen) atoms. The number of hydrogen-bond donors (Lipinski definition) is 0. The van der Waals surface area contributed by atoms with Gasteiger partial charge in [0.15, 0.2) is 0 Å².